The number of nitrogens with zero attached hydrogens (tertiary/aromatic N) is 1. The molecule has 24 heavy (non-hydrogen) atoms. The van der Waals surface area contributed by atoms with Gasteiger partial charge in [-0.1, -0.05) is 15.9 Å². The summed E-state index contributed by atoms with van der Waals surface area (Å²) in [5.41, 5.74) is 5.36. The fourth-order valence-corrected chi connectivity index (χ4v) is 2.30. The second-order valence-electron chi connectivity index (χ2n) is 5.22. The predicted octanol–water partition coefficient (Wildman–Crippen LogP) is 3.60. The molecule has 0 radical (unpaired) electrons. The molecule has 2 aromatic carbocycles. The number of carbonyl (C=O) groups is 1. The molecule has 0 aromatic heterocycles. The highest BCUT2D eigenvalue weighted by atomic mass is 79.9. The molecule has 0 aliphatic heterocycles. The molecular formula is C18H19BrN2O3. The topological polar surface area (TPSA) is 59.9 Å². The molecule has 126 valence electrons. The van der Waals surface area contributed by atoms with Gasteiger partial charge in [0, 0.05) is 4.47 Å². The fraction of sp³-hybridized carbons (Fsp3) is 0.222. The van der Waals surface area contributed by atoms with Gasteiger partial charge >= 0.3 is 0 Å². The summed E-state index contributed by atoms with van der Waals surface area (Å²) in [6.45, 7) is 3.81. The third kappa shape index (κ3) is 5.09. The summed E-state index contributed by atoms with van der Waals surface area (Å²) in [7, 11) is 1.63. The zero-order valence-corrected chi connectivity index (χ0v) is 15.4. The summed E-state index contributed by atoms with van der Waals surface area (Å²) in [5, 5.41) is 3.93. The van der Waals surface area contributed by atoms with E-state index in [1.54, 1.807) is 19.4 Å². The van der Waals surface area contributed by atoms with Crippen LogP contribution in [0.1, 0.15) is 16.7 Å². The molecule has 0 atom stereocenters. The Morgan fingerprint density at radius 3 is 2.67 bits per heavy atom. The number of hydrazone groups is 1. The number of halogens is 1. The van der Waals surface area contributed by atoms with E-state index in [2.05, 4.69) is 26.5 Å². The molecule has 0 aliphatic rings. The van der Waals surface area contributed by atoms with E-state index in [1.807, 2.05) is 44.2 Å². The Morgan fingerprint density at radius 1 is 1.21 bits per heavy atom. The SMILES string of the molecule is COc1ccc(C=NNC(=O)COc2ccc(Br)c(C)c2)cc1C. The van der Waals surface area contributed by atoms with Gasteiger partial charge in [0.15, 0.2) is 6.61 Å². The Balaban J connectivity index is 1.84. The molecule has 0 saturated heterocycles. The van der Waals surface area contributed by atoms with Crippen molar-refractivity contribution in [2.75, 3.05) is 13.7 Å². The van der Waals surface area contributed by atoms with Gasteiger partial charge in [0.1, 0.15) is 11.5 Å². The van der Waals surface area contributed by atoms with Crippen LogP contribution in [0, 0.1) is 13.8 Å². The van der Waals surface area contributed by atoms with Crippen LogP contribution in [0.2, 0.25) is 0 Å². The maximum absolute atomic E-state index is 11.7. The first-order valence-electron chi connectivity index (χ1n) is 7.35. The summed E-state index contributed by atoms with van der Waals surface area (Å²) in [4.78, 5) is 11.7. The first-order chi connectivity index (χ1) is 11.5. The number of hydrogen-bond acceptors (Lipinski definition) is 4. The van der Waals surface area contributed by atoms with Gasteiger partial charge in [-0.05, 0) is 66.9 Å². The smallest absolute Gasteiger partial charge is 0.277 e. The maximum atomic E-state index is 11.7. The number of methoxy groups -OCH3 is 1. The number of rotatable bonds is 6. The van der Waals surface area contributed by atoms with Crippen LogP contribution in [0.25, 0.3) is 0 Å². The van der Waals surface area contributed by atoms with Gasteiger partial charge in [-0.25, -0.2) is 5.43 Å². The third-order valence-electron chi connectivity index (χ3n) is 3.32. The van der Waals surface area contributed by atoms with Crippen LogP contribution >= 0.6 is 15.9 Å². The number of carbonyl (C=O) groups excluding carboxylic acids is 1. The van der Waals surface area contributed by atoms with Crippen LogP contribution in [0.15, 0.2) is 46.0 Å². The second-order valence-corrected chi connectivity index (χ2v) is 6.08. The number of aryl methyl sites for hydroxylation is 2. The summed E-state index contributed by atoms with van der Waals surface area (Å²) in [5.74, 6) is 1.13. The quantitative estimate of drug-likeness (QED) is 0.605. The molecule has 0 heterocycles. The first-order valence-corrected chi connectivity index (χ1v) is 8.14. The molecule has 5 nitrogen and oxygen atoms in total. The fourth-order valence-electron chi connectivity index (χ4n) is 2.05. The highest BCUT2D eigenvalue weighted by molar-refractivity contribution is 9.10. The number of benzene rings is 2. The zero-order valence-electron chi connectivity index (χ0n) is 13.8. The van der Waals surface area contributed by atoms with Gasteiger partial charge in [0.25, 0.3) is 5.91 Å². The first kappa shape index (κ1) is 18.0. The lowest BCUT2D eigenvalue weighted by Gasteiger charge is -2.07. The van der Waals surface area contributed by atoms with E-state index < -0.39 is 0 Å². The van der Waals surface area contributed by atoms with Crippen molar-refractivity contribution in [2.45, 2.75) is 13.8 Å². The van der Waals surface area contributed by atoms with Crippen molar-refractivity contribution in [1.29, 1.82) is 0 Å². The number of hydrogen-bond donors (Lipinski definition) is 1. The average Bonchev–Trinajstić information content (AvgIpc) is 2.56. The Morgan fingerprint density at radius 2 is 2.00 bits per heavy atom. The maximum Gasteiger partial charge on any atom is 0.277 e. The molecule has 2 aromatic rings. The summed E-state index contributed by atoms with van der Waals surface area (Å²) >= 11 is 3.42. The van der Waals surface area contributed by atoms with Crippen molar-refractivity contribution < 1.29 is 14.3 Å². The van der Waals surface area contributed by atoms with Crippen molar-refractivity contribution in [3.63, 3.8) is 0 Å². The monoisotopic (exact) mass is 390 g/mol. The Bertz CT molecular complexity index is 760. The lowest BCUT2D eigenvalue weighted by atomic mass is 10.1. The van der Waals surface area contributed by atoms with Crippen molar-refractivity contribution in [3.05, 3.63) is 57.6 Å². The molecule has 0 unspecified atom stereocenters. The van der Waals surface area contributed by atoms with E-state index in [-0.39, 0.29) is 12.5 Å². The van der Waals surface area contributed by atoms with Crippen LogP contribution in [0.3, 0.4) is 0 Å². The van der Waals surface area contributed by atoms with Gasteiger partial charge < -0.3 is 9.47 Å². The normalized spacial score (nSPS) is 10.7. The molecule has 2 rings (SSSR count). The highest BCUT2D eigenvalue weighted by Crippen LogP contribution is 2.21. The number of nitrogens with one attached hydrogen (secondary N) is 1. The molecule has 6 heteroatoms. The van der Waals surface area contributed by atoms with Gasteiger partial charge in [-0.3, -0.25) is 4.79 Å². The van der Waals surface area contributed by atoms with Gasteiger partial charge in [-0.2, -0.15) is 5.10 Å². The van der Waals surface area contributed by atoms with Crippen LogP contribution in [-0.4, -0.2) is 25.8 Å². The van der Waals surface area contributed by atoms with E-state index >= 15 is 0 Å². The summed E-state index contributed by atoms with van der Waals surface area (Å²) in [6.07, 6.45) is 1.58. The minimum atomic E-state index is -0.322. The number of ether oxygens (including phenoxy) is 2. The van der Waals surface area contributed by atoms with E-state index in [1.165, 1.54) is 0 Å². The largest absolute Gasteiger partial charge is 0.496 e. The minimum Gasteiger partial charge on any atom is -0.496 e. The van der Waals surface area contributed by atoms with Crippen LogP contribution < -0.4 is 14.9 Å². The average molecular weight is 391 g/mol. The molecule has 0 saturated carbocycles. The van der Waals surface area contributed by atoms with Crippen molar-refractivity contribution in [2.24, 2.45) is 5.10 Å². The molecular weight excluding hydrogens is 372 g/mol. The van der Waals surface area contributed by atoms with Crippen LogP contribution in [-0.2, 0) is 4.79 Å². The Labute approximate surface area is 149 Å². The van der Waals surface area contributed by atoms with Crippen molar-refractivity contribution in [1.82, 2.24) is 5.43 Å². The third-order valence-corrected chi connectivity index (χ3v) is 4.21. The zero-order chi connectivity index (χ0) is 17.5. The van der Waals surface area contributed by atoms with Crippen LogP contribution in [0.5, 0.6) is 11.5 Å². The summed E-state index contributed by atoms with van der Waals surface area (Å²) in [6, 6.07) is 11.2. The minimum absolute atomic E-state index is 0.0972. The van der Waals surface area contributed by atoms with E-state index in [9.17, 15) is 4.79 Å². The van der Waals surface area contributed by atoms with Gasteiger partial charge in [0.2, 0.25) is 0 Å². The van der Waals surface area contributed by atoms with Gasteiger partial charge in [0.05, 0.1) is 13.3 Å². The van der Waals surface area contributed by atoms with Crippen LogP contribution in [0.4, 0.5) is 0 Å². The highest BCUT2D eigenvalue weighted by Gasteiger charge is 2.03. The van der Waals surface area contributed by atoms with Gasteiger partial charge in [-0.15, -0.1) is 0 Å². The van der Waals surface area contributed by atoms with E-state index in [0.29, 0.717) is 5.75 Å². The standard InChI is InChI=1S/C18H19BrN2O3/c1-12-9-15(5-6-16(12)19)24-11-18(22)21-20-10-14-4-7-17(23-3)13(2)8-14/h4-10H,11H2,1-3H3,(H,21,22). The lowest BCUT2D eigenvalue weighted by Crippen LogP contribution is -2.24. The molecule has 0 fully saturated rings. The van der Waals surface area contributed by atoms with Crippen molar-refractivity contribution in [3.8, 4) is 11.5 Å². The molecule has 0 spiro atoms. The van der Waals surface area contributed by atoms with Crippen molar-refractivity contribution >= 4 is 28.1 Å². The predicted molar refractivity (Wildman–Crippen MR) is 97.8 cm³/mol. The molecule has 0 bridgehead atoms. The second kappa shape index (κ2) is 8.49. The summed E-state index contributed by atoms with van der Waals surface area (Å²) < 4.78 is 11.6. The Hall–Kier alpha value is -2.34. The molecule has 1 amide bonds. The molecule has 1 N–H and O–H groups in total. The molecule has 0 aliphatic carbocycles. The Kier molecular flexibility index (Phi) is 6.37. The number of amides is 1. The van der Waals surface area contributed by atoms with E-state index in [0.717, 1.165) is 26.9 Å². The van der Waals surface area contributed by atoms with E-state index in [4.69, 9.17) is 9.47 Å². The lowest BCUT2D eigenvalue weighted by molar-refractivity contribution is -0.123.